The summed E-state index contributed by atoms with van der Waals surface area (Å²) < 4.78 is 31.4. The van der Waals surface area contributed by atoms with E-state index < -0.39 is 12.0 Å². The van der Waals surface area contributed by atoms with Gasteiger partial charge in [0.25, 0.3) is 5.56 Å². The van der Waals surface area contributed by atoms with Gasteiger partial charge in [-0.3, -0.25) is 9.36 Å². The van der Waals surface area contributed by atoms with Crippen molar-refractivity contribution in [1.29, 1.82) is 0 Å². The minimum atomic E-state index is -0.881. The van der Waals surface area contributed by atoms with E-state index in [1.807, 2.05) is 72.8 Å². The molecule has 0 N–H and O–H groups in total. The average Bonchev–Trinajstić information content (AvgIpc) is 3.50. The summed E-state index contributed by atoms with van der Waals surface area (Å²) in [6.45, 7) is 2.22. The molecule has 5 aromatic carbocycles. The van der Waals surface area contributed by atoms with Crippen molar-refractivity contribution >= 4 is 55.8 Å². The zero-order chi connectivity index (χ0) is 37.1. The molecule has 2 heterocycles. The number of aromatic nitrogens is 1. The number of hydrogen-bond acceptors (Lipinski definition) is 9. The molecule has 7 rings (SSSR count). The van der Waals surface area contributed by atoms with Crippen LogP contribution >= 0.6 is 27.3 Å². The highest BCUT2D eigenvalue weighted by molar-refractivity contribution is 9.10. The van der Waals surface area contributed by atoms with E-state index in [1.54, 1.807) is 43.9 Å². The molecule has 0 aliphatic carbocycles. The lowest BCUT2D eigenvalue weighted by Gasteiger charge is -2.26. The Morgan fingerprint density at radius 1 is 0.868 bits per heavy atom. The lowest BCUT2D eigenvalue weighted by Crippen LogP contribution is -2.40. The van der Waals surface area contributed by atoms with Gasteiger partial charge in [-0.25, -0.2) is 9.79 Å². The molecule has 9 nitrogen and oxygen atoms in total. The number of carbonyl (C=O) groups is 1. The number of fused-ring (bicyclic) bond motifs is 2. The molecule has 0 bridgehead atoms. The summed E-state index contributed by atoms with van der Waals surface area (Å²) in [7, 11) is 4.67. The first-order valence-corrected chi connectivity index (χ1v) is 18.4. The Balaban J connectivity index is 1.35. The zero-order valence-corrected chi connectivity index (χ0v) is 31.8. The van der Waals surface area contributed by atoms with Gasteiger partial charge >= 0.3 is 5.97 Å². The van der Waals surface area contributed by atoms with Gasteiger partial charge in [0.1, 0.15) is 6.61 Å². The first-order chi connectivity index (χ1) is 25.8. The number of methoxy groups -OCH3 is 3. The van der Waals surface area contributed by atoms with Crippen molar-refractivity contribution in [1.82, 2.24) is 4.57 Å². The number of ether oxygens (including phenoxy) is 5. The second kappa shape index (κ2) is 15.5. The van der Waals surface area contributed by atoms with Crippen LogP contribution in [0.25, 0.3) is 22.5 Å². The van der Waals surface area contributed by atoms with Crippen LogP contribution in [0.1, 0.15) is 35.2 Å². The van der Waals surface area contributed by atoms with Crippen molar-refractivity contribution in [3.63, 3.8) is 0 Å². The van der Waals surface area contributed by atoms with E-state index in [0.717, 1.165) is 16.3 Å². The Kier molecular flexibility index (Phi) is 10.5. The summed E-state index contributed by atoms with van der Waals surface area (Å²) in [5.41, 5.74) is 3.42. The Hall–Kier alpha value is -5.65. The Labute approximate surface area is 318 Å². The minimum Gasteiger partial charge on any atom is -0.493 e. The quantitative estimate of drug-likeness (QED) is 0.126. The second-order valence-electron chi connectivity index (χ2n) is 12.0. The van der Waals surface area contributed by atoms with Crippen LogP contribution in [0.4, 0.5) is 0 Å². The van der Waals surface area contributed by atoms with Gasteiger partial charge < -0.3 is 23.7 Å². The maximum atomic E-state index is 14.5. The standard InChI is InChI=1S/C42H35BrN2O7S/c1-5-51-41(47)36-37(27-13-7-6-8-14-27)44-42-45(38(36)28-18-19-32(48-2)33(23-28)49-3)40(46)35(53-42)22-25-20-31(43)39(34(21-25)50-4)52-24-29-16-11-15-26-12-9-10-17-30(26)29/h6-23,38H,5,24H2,1-4H3/b35-22-/t38-/m0/s1. The third-order valence-electron chi connectivity index (χ3n) is 8.90. The zero-order valence-electron chi connectivity index (χ0n) is 29.4. The fraction of sp³-hybridized carbons (Fsp3) is 0.167. The molecule has 1 aromatic heterocycles. The molecule has 11 heteroatoms. The van der Waals surface area contributed by atoms with Crippen molar-refractivity contribution in [2.75, 3.05) is 27.9 Å². The summed E-state index contributed by atoms with van der Waals surface area (Å²) >= 11 is 4.91. The van der Waals surface area contributed by atoms with E-state index in [4.69, 9.17) is 28.7 Å². The van der Waals surface area contributed by atoms with Gasteiger partial charge in [0, 0.05) is 5.56 Å². The SMILES string of the molecule is CCOC(=O)C1=C(c2ccccc2)N=c2s/c(=C\c3cc(Br)c(OCc4cccc5ccccc45)c(OC)c3)c(=O)n2[C@H]1c1ccc(OC)c(OC)c1. The fourth-order valence-corrected chi connectivity index (χ4v) is 8.04. The molecule has 0 fully saturated rings. The summed E-state index contributed by atoms with van der Waals surface area (Å²) in [6, 6.07) is 31.9. The summed E-state index contributed by atoms with van der Waals surface area (Å²) in [6.07, 6.45) is 1.79. The van der Waals surface area contributed by atoms with Crippen LogP contribution < -0.4 is 33.8 Å². The first-order valence-electron chi connectivity index (χ1n) is 16.8. The largest absolute Gasteiger partial charge is 0.493 e. The van der Waals surface area contributed by atoms with Gasteiger partial charge in [0.15, 0.2) is 27.8 Å². The number of rotatable bonds is 11. The van der Waals surface area contributed by atoms with Gasteiger partial charge in [-0.05, 0) is 80.7 Å². The molecule has 268 valence electrons. The molecule has 1 atom stereocenters. The van der Waals surface area contributed by atoms with Crippen molar-refractivity contribution in [2.24, 2.45) is 4.99 Å². The molecule has 0 radical (unpaired) electrons. The molecule has 0 spiro atoms. The summed E-state index contributed by atoms with van der Waals surface area (Å²) in [5, 5.41) is 2.25. The number of esters is 1. The molecule has 6 aromatic rings. The maximum absolute atomic E-state index is 14.5. The highest BCUT2D eigenvalue weighted by Gasteiger charge is 2.35. The molecule has 0 saturated heterocycles. The first kappa shape index (κ1) is 35.7. The van der Waals surface area contributed by atoms with Crippen LogP contribution in [0.3, 0.4) is 0 Å². The van der Waals surface area contributed by atoms with E-state index in [2.05, 4.69) is 34.1 Å². The minimum absolute atomic E-state index is 0.145. The van der Waals surface area contributed by atoms with E-state index in [-0.39, 0.29) is 17.7 Å². The van der Waals surface area contributed by atoms with Crippen molar-refractivity contribution in [3.8, 4) is 23.0 Å². The van der Waals surface area contributed by atoms with E-state index in [0.29, 0.717) is 65.8 Å². The van der Waals surface area contributed by atoms with Crippen LogP contribution in [-0.4, -0.2) is 38.5 Å². The van der Waals surface area contributed by atoms with E-state index >= 15 is 0 Å². The van der Waals surface area contributed by atoms with Crippen LogP contribution in [0.2, 0.25) is 0 Å². The summed E-state index contributed by atoms with van der Waals surface area (Å²) in [5.74, 6) is 1.43. The average molecular weight is 792 g/mol. The maximum Gasteiger partial charge on any atom is 0.338 e. The summed E-state index contributed by atoms with van der Waals surface area (Å²) in [4.78, 5) is 33.7. The number of halogens is 1. The Morgan fingerprint density at radius 2 is 1.60 bits per heavy atom. The number of benzene rings is 5. The molecule has 0 saturated carbocycles. The second-order valence-corrected chi connectivity index (χ2v) is 13.9. The number of carbonyl (C=O) groups excluding carboxylic acids is 1. The third kappa shape index (κ3) is 6.97. The van der Waals surface area contributed by atoms with Gasteiger partial charge in [-0.15, -0.1) is 0 Å². The van der Waals surface area contributed by atoms with E-state index in [9.17, 15) is 9.59 Å². The predicted octanol–water partition coefficient (Wildman–Crippen LogP) is 7.46. The highest BCUT2D eigenvalue weighted by Crippen LogP contribution is 2.40. The fourth-order valence-electron chi connectivity index (χ4n) is 6.46. The van der Waals surface area contributed by atoms with Crippen LogP contribution in [-0.2, 0) is 16.1 Å². The van der Waals surface area contributed by atoms with Crippen LogP contribution in [0.15, 0.2) is 123 Å². The van der Waals surface area contributed by atoms with Crippen molar-refractivity contribution in [3.05, 3.63) is 155 Å². The van der Waals surface area contributed by atoms with Gasteiger partial charge in [0.05, 0.1) is 54.3 Å². The van der Waals surface area contributed by atoms with Gasteiger partial charge in [-0.1, -0.05) is 90.2 Å². The molecular formula is C42H35BrN2O7S. The monoisotopic (exact) mass is 790 g/mol. The molecule has 1 aliphatic heterocycles. The number of nitrogens with zero attached hydrogens (tertiary/aromatic N) is 2. The third-order valence-corrected chi connectivity index (χ3v) is 10.5. The molecule has 53 heavy (non-hydrogen) atoms. The topological polar surface area (TPSA) is 97.6 Å². The van der Waals surface area contributed by atoms with Gasteiger partial charge in [0.2, 0.25) is 0 Å². The van der Waals surface area contributed by atoms with Gasteiger partial charge in [-0.2, -0.15) is 0 Å². The van der Waals surface area contributed by atoms with E-state index in [1.165, 1.54) is 18.4 Å². The predicted molar refractivity (Wildman–Crippen MR) is 210 cm³/mol. The Morgan fingerprint density at radius 3 is 2.36 bits per heavy atom. The number of thiazole rings is 1. The normalized spacial score (nSPS) is 14.1. The smallest absolute Gasteiger partial charge is 0.338 e. The molecule has 0 amide bonds. The van der Waals surface area contributed by atoms with Crippen molar-refractivity contribution in [2.45, 2.75) is 19.6 Å². The van der Waals surface area contributed by atoms with Crippen molar-refractivity contribution < 1.29 is 28.5 Å². The molecular weight excluding hydrogens is 756 g/mol. The molecule has 1 aliphatic rings. The number of hydrogen-bond donors (Lipinski definition) is 0. The van der Waals surface area contributed by atoms with Crippen LogP contribution in [0, 0.1) is 0 Å². The van der Waals surface area contributed by atoms with Crippen LogP contribution in [0.5, 0.6) is 23.0 Å². The lowest BCUT2D eigenvalue weighted by molar-refractivity contribution is -0.138. The lowest BCUT2D eigenvalue weighted by atomic mass is 9.93. The Bertz CT molecular complexity index is 2560. The molecule has 0 unspecified atom stereocenters. The highest BCUT2D eigenvalue weighted by atomic mass is 79.9.